The number of hydrogen-bond donors (Lipinski definition) is 2. The van der Waals surface area contributed by atoms with Gasteiger partial charge >= 0.3 is 0 Å². The number of aromatic nitrogens is 2. The highest BCUT2D eigenvalue weighted by atomic mass is 35.5. The van der Waals surface area contributed by atoms with E-state index in [0.29, 0.717) is 12.7 Å². The Labute approximate surface area is 197 Å². The van der Waals surface area contributed by atoms with Crippen LogP contribution >= 0.6 is 23.2 Å². The molecule has 0 aliphatic heterocycles. The summed E-state index contributed by atoms with van der Waals surface area (Å²) in [6, 6.07) is 13.9. The molecule has 0 bridgehead atoms. The fraction of sp³-hybridized carbons (Fsp3) is 0.250. The van der Waals surface area contributed by atoms with E-state index in [1.807, 2.05) is 37.4 Å². The molecule has 166 valence electrons. The van der Waals surface area contributed by atoms with E-state index in [9.17, 15) is 9.59 Å². The molecule has 0 radical (unpaired) electrons. The Morgan fingerprint density at radius 3 is 2.41 bits per heavy atom. The van der Waals surface area contributed by atoms with Crippen LogP contribution in [0.5, 0.6) is 0 Å². The first-order valence-corrected chi connectivity index (χ1v) is 11.0. The van der Waals surface area contributed by atoms with Gasteiger partial charge in [0.2, 0.25) is 0 Å². The van der Waals surface area contributed by atoms with E-state index in [1.54, 1.807) is 24.4 Å². The zero-order valence-electron chi connectivity index (χ0n) is 17.6. The van der Waals surface area contributed by atoms with Gasteiger partial charge in [-0.3, -0.25) is 9.78 Å². The lowest BCUT2D eigenvalue weighted by Gasteiger charge is -2.14. The summed E-state index contributed by atoms with van der Waals surface area (Å²) in [6.45, 7) is 0. The van der Waals surface area contributed by atoms with Gasteiger partial charge in [-0.1, -0.05) is 41.4 Å². The summed E-state index contributed by atoms with van der Waals surface area (Å²) < 4.78 is 0. The fourth-order valence-corrected chi connectivity index (χ4v) is 3.84. The van der Waals surface area contributed by atoms with Crippen LogP contribution in [0.1, 0.15) is 33.7 Å². The number of anilines is 1. The van der Waals surface area contributed by atoms with Gasteiger partial charge in [0.15, 0.2) is 0 Å². The molecule has 1 unspecified atom stereocenters. The molecule has 1 amide bonds. The highest BCUT2D eigenvalue weighted by molar-refractivity contribution is 6.39. The monoisotopic (exact) mass is 470 g/mol. The van der Waals surface area contributed by atoms with Gasteiger partial charge in [-0.25, -0.2) is 4.98 Å². The number of aryl methyl sites for hydroxylation is 2. The van der Waals surface area contributed by atoms with Crippen molar-refractivity contribution < 1.29 is 9.59 Å². The number of pyridine rings is 2. The standard InChI is InChI=1S/C24H24Cl2N4O2/c1-27-22-10-3-7-18(29-22)6-2-5-17-12-11-16(14-28-17)13-19(15-31)30-24(32)23-20(25)8-4-9-21(23)26/h3-4,7-12,14-15,19H,2,5-6,13H2,1H3,(H,27,29)(H,30,32). The maximum Gasteiger partial charge on any atom is 0.254 e. The lowest BCUT2D eigenvalue weighted by molar-refractivity contribution is -0.109. The maximum atomic E-state index is 12.5. The molecule has 0 aliphatic rings. The predicted octanol–water partition coefficient (Wildman–Crippen LogP) is 4.54. The van der Waals surface area contributed by atoms with Gasteiger partial charge in [0, 0.05) is 31.1 Å². The number of halogens is 2. The third-order valence-electron chi connectivity index (χ3n) is 4.94. The van der Waals surface area contributed by atoms with Crippen LogP contribution in [0.3, 0.4) is 0 Å². The molecule has 0 fully saturated rings. The average Bonchev–Trinajstić information content (AvgIpc) is 2.79. The Morgan fingerprint density at radius 2 is 1.75 bits per heavy atom. The molecule has 0 saturated carbocycles. The molecule has 2 heterocycles. The quantitative estimate of drug-likeness (QED) is 0.424. The molecule has 0 aliphatic carbocycles. The van der Waals surface area contributed by atoms with Gasteiger partial charge in [0.05, 0.1) is 21.7 Å². The smallest absolute Gasteiger partial charge is 0.254 e. The van der Waals surface area contributed by atoms with E-state index in [-0.39, 0.29) is 15.6 Å². The van der Waals surface area contributed by atoms with Crippen molar-refractivity contribution in [3.8, 4) is 0 Å². The van der Waals surface area contributed by atoms with E-state index < -0.39 is 11.9 Å². The summed E-state index contributed by atoms with van der Waals surface area (Å²) in [7, 11) is 1.85. The molecule has 32 heavy (non-hydrogen) atoms. The Morgan fingerprint density at radius 1 is 1.03 bits per heavy atom. The molecule has 3 rings (SSSR count). The average molecular weight is 471 g/mol. The molecule has 6 nitrogen and oxygen atoms in total. The second-order valence-corrected chi connectivity index (χ2v) is 8.11. The molecular formula is C24H24Cl2N4O2. The summed E-state index contributed by atoms with van der Waals surface area (Å²) in [5, 5.41) is 6.18. The molecule has 8 heteroatoms. The van der Waals surface area contributed by atoms with Gasteiger partial charge in [-0.2, -0.15) is 0 Å². The summed E-state index contributed by atoms with van der Waals surface area (Å²) in [6.07, 6.45) is 5.38. The maximum absolute atomic E-state index is 12.5. The Hall–Kier alpha value is -2.96. The van der Waals surface area contributed by atoms with Crippen LogP contribution in [0, 0.1) is 0 Å². The van der Waals surface area contributed by atoms with Crippen molar-refractivity contribution in [2.45, 2.75) is 31.7 Å². The first-order chi connectivity index (χ1) is 15.5. The first kappa shape index (κ1) is 23.7. The number of carbonyl (C=O) groups is 2. The van der Waals surface area contributed by atoms with E-state index in [0.717, 1.165) is 42.0 Å². The SMILES string of the molecule is CNc1cccc(CCCc2ccc(CC(C=O)NC(=O)c3c(Cl)cccc3Cl)cn2)n1. The predicted molar refractivity (Wildman–Crippen MR) is 128 cm³/mol. The number of benzene rings is 1. The van der Waals surface area contributed by atoms with E-state index in [1.165, 1.54) is 0 Å². The van der Waals surface area contributed by atoms with Gasteiger partial charge in [-0.05, 0) is 55.2 Å². The number of amides is 1. The van der Waals surface area contributed by atoms with Crippen molar-refractivity contribution in [3.63, 3.8) is 0 Å². The highest BCUT2D eigenvalue weighted by Gasteiger charge is 2.18. The van der Waals surface area contributed by atoms with Gasteiger partial charge < -0.3 is 15.4 Å². The fourth-order valence-electron chi connectivity index (χ4n) is 3.27. The molecular weight excluding hydrogens is 447 g/mol. The number of nitrogens with one attached hydrogen (secondary N) is 2. The van der Waals surface area contributed by atoms with E-state index in [4.69, 9.17) is 23.2 Å². The van der Waals surface area contributed by atoms with Gasteiger partial charge in [0.25, 0.3) is 5.91 Å². The molecule has 2 aromatic heterocycles. The third kappa shape index (κ3) is 6.52. The Bertz CT molecular complexity index is 1050. The zero-order valence-corrected chi connectivity index (χ0v) is 19.2. The van der Waals surface area contributed by atoms with Crippen molar-refractivity contribution >= 4 is 41.2 Å². The van der Waals surface area contributed by atoms with E-state index in [2.05, 4.69) is 20.6 Å². The Kier molecular flexibility index (Phi) is 8.59. The van der Waals surface area contributed by atoms with Crippen molar-refractivity contribution in [3.05, 3.63) is 87.3 Å². The first-order valence-electron chi connectivity index (χ1n) is 10.3. The minimum Gasteiger partial charge on any atom is -0.373 e. The minimum absolute atomic E-state index is 0.158. The van der Waals surface area contributed by atoms with Crippen LogP contribution in [0.4, 0.5) is 5.82 Å². The molecule has 2 N–H and O–H groups in total. The van der Waals surface area contributed by atoms with Gasteiger partial charge in [-0.15, -0.1) is 0 Å². The number of nitrogens with zero attached hydrogens (tertiary/aromatic N) is 2. The summed E-state index contributed by atoms with van der Waals surface area (Å²) in [5.74, 6) is 0.372. The minimum atomic E-state index is -0.715. The lowest BCUT2D eigenvalue weighted by Crippen LogP contribution is -2.37. The molecule has 3 aromatic rings. The molecule has 0 saturated heterocycles. The van der Waals surface area contributed by atoms with E-state index >= 15 is 0 Å². The molecule has 1 aromatic carbocycles. The zero-order chi connectivity index (χ0) is 22.9. The second kappa shape index (κ2) is 11.6. The topological polar surface area (TPSA) is 84.0 Å². The molecule has 1 atom stereocenters. The Balaban J connectivity index is 1.53. The van der Waals surface area contributed by atoms with Crippen molar-refractivity contribution in [1.82, 2.24) is 15.3 Å². The number of rotatable bonds is 10. The summed E-state index contributed by atoms with van der Waals surface area (Å²) in [5.41, 5.74) is 3.01. The summed E-state index contributed by atoms with van der Waals surface area (Å²) in [4.78, 5) is 33.0. The van der Waals surface area contributed by atoms with Crippen molar-refractivity contribution in [1.29, 1.82) is 0 Å². The number of carbonyl (C=O) groups excluding carboxylic acids is 2. The number of hydrogen-bond acceptors (Lipinski definition) is 5. The third-order valence-corrected chi connectivity index (χ3v) is 5.57. The lowest BCUT2D eigenvalue weighted by atomic mass is 10.1. The molecule has 0 spiro atoms. The highest BCUT2D eigenvalue weighted by Crippen LogP contribution is 2.24. The largest absolute Gasteiger partial charge is 0.373 e. The van der Waals surface area contributed by atoms with Crippen LogP contribution in [0.2, 0.25) is 10.0 Å². The second-order valence-electron chi connectivity index (χ2n) is 7.29. The van der Waals surface area contributed by atoms with Crippen LogP contribution < -0.4 is 10.6 Å². The van der Waals surface area contributed by atoms with Crippen molar-refractivity contribution in [2.75, 3.05) is 12.4 Å². The van der Waals surface area contributed by atoms with Crippen LogP contribution in [0.25, 0.3) is 0 Å². The van der Waals surface area contributed by atoms with Gasteiger partial charge in [0.1, 0.15) is 12.1 Å². The van der Waals surface area contributed by atoms with Crippen LogP contribution in [-0.2, 0) is 24.1 Å². The van der Waals surface area contributed by atoms with Crippen molar-refractivity contribution in [2.24, 2.45) is 0 Å². The number of aldehydes is 1. The summed E-state index contributed by atoms with van der Waals surface area (Å²) >= 11 is 12.1. The van der Waals surface area contributed by atoms with Crippen LogP contribution in [-0.4, -0.2) is 35.3 Å². The normalized spacial score (nSPS) is 11.6. The van der Waals surface area contributed by atoms with Crippen LogP contribution in [0.15, 0.2) is 54.7 Å².